The second-order valence-corrected chi connectivity index (χ2v) is 10.8. The van der Waals surface area contributed by atoms with Gasteiger partial charge in [-0.3, -0.25) is 4.90 Å². The van der Waals surface area contributed by atoms with Gasteiger partial charge in [-0.25, -0.2) is 14.6 Å². The first kappa shape index (κ1) is 25.3. The molecule has 6 rings (SSSR count). The predicted molar refractivity (Wildman–Crippen MR) is 153 cm³/mol. The van der Waals surface area contributed by atoms with Crippen molar-refractivity contribution >= 4 is 39.7 Å². The SMILES string of the molecule is COC(C)(C)N1CCCC(n2nc(-c3ccc(Nc4nc5cc(C)cc(C)c5o4)cc3)c3c(N)ncnc32)C1. The van der Waals surface area contributed by atoms with E-state index >= 15 is 0 Å². The van der Waals surface area contributed by atoms with E-state index in [0.29, 0.717) is 11.8 Å². The van der Waals surface area contributed by atoms with Crippen LogP contribution in [0.1, 0.15) is 43.9 Å². The first-order valence-corrected chi connectivity index (χ1v) is 13.3. The number of methoxy groups -OCH3 is 1. The number of piperidine rings is 1. The Morgan fingerprint density at radius 1 is 1.13 bits per heavy atom. The highest BCUT2D eigenvalue weighted by molar-refractivity contribution is 5.98. The maximum Gasteiger partial charge on any atom is 0.300 e. The molecule has 4 heterocycles. The summed E-state index contributed by atoms with van der Waals surface area (Å²) < 4.78 is 13.8. The van der Waals surface area contributed by atoms with Crippen molar-refractivity contribution in [3.8, 4) is 11.3 Å². The number of likely N-dealkylation sites (tertiary alicyclic amines) is 1. The normalized spacial score (nSPS) is 16.8. The molecule has 1 fully saturated rings. The van der Waals surface area contributed by atoms with Gasteiger partial charge in [0.25, 0.3) is 6.01 Å². The zero-order chi connectivity index (χ0) is 27.3. The summed E-state index contributed by atoms with van der Waals surface area (Å²) in [6, 6.07) is 12.7. The van der Waals surface area contributed by atoms with Gasteiger partial charge in [-0.05, 0) is 69.9 Å². The van der Waals surface area contributed by atoms with Crippen LogP contribution in [0.2, 0.25) is 0 Å². The number of hydrogen-bond acceptors (Lipinski definition) is 9. The highest BCUT2D eigenvalue weighted by atomic mass is 16.5. The number of ether oxygens (including phenoxy) is 1. The molecule has 0 spiro atoms. The van der Waals surface area contributed by atoms with Gasteiger partial charge < -0.3 is 20.2 Å². The van der Waals surface area contributed by atoms with Crippen LogP contribution in [0.4, 0.5) is 17.5 Å². The molecule has 0 aliphatic carbocycles. The van der Waals surface area contributed by atoms with Gasteiger partial charge in [-0.15, -0.1) is 0 Å². The number of aromatic nitrogens is 5. The van der Waals surface area contributed by atoms with E-state index in [1.807, 2.05) is 41.9 Å². The standard InChI is InChI=1S/C29H34N8O2/c1-17-13-18(2)25-22(14-17)34-28(39-25)33-20-10-8-19(9-11-20)24-23-26(30)31-16-32-27(23)37(35-24)21-7-6-12-36(15-21)29(3,4)38-5/h8-11,13-14,16,21H,6-7,12,15H2,1-5H3,(H,33,34)(H2,30,31,32). The maximum atomic E-state index is 6.38. The van der Waals surface area contributed by atoms with Gasteiger partial charge in [0, 0.05) is 31.5 Å². The summed E-state index contributed by atoms with van der Waals surface area (Å²) in [6.45, 7) is 10.1. The van der Waals surface area contributed by atoms with Crippen molar-refractivity contribution in [1.29, 1.82) is 0 Å². The molecule has 0 bridgehead atoms. The van der Waals surface area contributed by atoms with Crippen LogP contribution in [0.3, 0.4) is 0 Å². The van der Waals surface area contributed by atoms with Crippen molar-refractivity contribution in [2.45, 2.75) is 52.3 Å². The molecule has 0 radical (unpaired) electrons. The highest BCUT2D eigenvalue weighted by Gasteiger charge is 2.33. The number of nitrogens with one attached hydrogen (secondary N) is 1. The molecule has 202 valence electrons. The minimum absolute atomic E-state index is 0.144. The van der Waals surface area contributed by atoms with E-state index in [-0.39, 0.29) is 11.8 Å². The van der Waals surface area contributed by atoms with Crippen molar-refractivity contribution < 1.29 is 9.15 Å². The Kier molecular flexibility index (Phi) is 6.23. The molecule has 1 aliphatic rings. The first-order chi connectivity index (χ1) is 18.7. The number of nitrogens with zero attached hydrogens (tertiary/aromatic N) is 6. The van der Waals surface area contributed by atoms with E-state index in [4.69, 9.17) is 20.0 Å². The van der Waals surface area contributed by atoms with Crippen molar-refractivity contribution in [3.05, 3.63) is 53.9 Å². The number of fused-ring (bicyclic) bond motifs is 2. The molecule has 0 amide bonds. The summed E-state index contributed by atoms with van der Waals surface area (Å²) in [4.78, 5) is 15.8. The molecule has 39 heavy (non-hydrogen) atoms. The largest absolute Gasteiger partial charge is 0.423 e. The fourth-order valence-electron chi connectivity index (χ4n) is 5.49. The average molecular weight is 527 g/mol. The fourth-order valence-corrected chi connectivity index (χ4v) is 5.49. The van der Waals surface area contributed by atoms with Gasteiger partial charge in [0.15, 0.2) is 11.2 Å². The van der Waals surface area contributed by atoms with Crippen molar-refractivity contribution in [1.82, 2.24) is 29.6 Å². The number of oxazole rings is 1. The Hall–Kier alpha value is -4.02. The summed E-state index contributed by atoms with van der Waals surface area (Å²) in [5, 5.41) is 9.11. The molecule has 0 saturated carbocycles. The Labute approximate surface area is 227 Å². The highest BCUT2D eigenvalue weighted by Crippen LogP contribution is 2.35. The second kappa shape index (κ2) is 9.62. The molecule has 5 aromatic rings. The number of rotatable bonds is 6. The fraction of sp³-hybridized carbons (Fsp3) is 0.379. The number of anilines is 3. The summed E-state index contributed by atoms with van der Waals surface area (Å²) in [6.07, 6.45) is 3.56. The molecular weight excluding hydrogens is 492 g/mol. The molecule has 1 aliphatic heterocycles. The topological polar surface area (TPSA) is 120 Å². The average Bonchev–Trinajstić information content (AvgIpc) is 3.52. The lowest BCUT2D eigenvalue weighted by Gasteiger charge is -2.42. The molecule has 1 unspecified atom stereocenters. The van der Waals surface area contributed by atoms with E-state index in [2.05, 4.69) is 52.0 Å². The van der Waals surface area contributed by atoms with Crippen LogP contribution in [0.5, 0.6) is 0 Å². The molecule has 3 N–H and O–H groups in total. The minimum atomic E-state index is -0.354. The van der Waals surface area contributed by atoms with Crippen molar-refractivity contribution in [3.63, 3.8) is 0 Å². The molecule has 10 nitrogen and oxygen atoms in total. The van der Waals surface area contributed by atoms with Crippen molar-refractivity contribution in [2.24, 2.45) is 0 Å². The molecule has 3 aromatic heterocycles. The summed E-state index contributed by atoms with van der Waals surface area (Å²) in [7, 11) is 1.75. The Morgan fingerprint density at radius 2 is 1.92 bits per heavy atom. The van der Waals surface area contributed by atoms with Gasteiger partial charge in [0.1, 0.15) is 29.1 Å². The van der Waals surface area contributed by atoms with Gasteiger partial charge in [-0.1, -0.05) is 18.2 Å². The summed E-state index contributed by atoms with van der Waals surface area (Å²) >= 11 is 0. The van der Waals surface area contributed by atoms with Crippen LogP contribution in [0.25, 0.3) is 33.4 Å². The number of hydrogen-bond donors (Lipinski definition) is 2. The van der Waals surface area contributed by atoms with Crippen LogP contribution in [-0.4, -0.2) is 55.6 Å². The Morgan fingerprint density at radius 3 is 2.69 bits per heavy atom. The minimum Gasteiger partial charge on any atom is -0.423 e. The van der Waals surface area contributed by atoms with E-state index in [1.54, 1.807) is 7.11 Å². The molecule has 2 aromatic carbocycles. The first-order valence-electron chi connectivity index (χ1n) is 13.3. The van der Waals surface area contributed by atoms with Crippen LogP contribution in [0, 0.1) is 13.8 Å². The van der Waals surface area contributed by atoms with Crippen LogP contribution in [0.15, 0.2) is 47.1 Å². The molecule has 1 saturated heterocycles. The van der Waals surface area contributed by atoms with E-state index in [0.717, 1.165) is 76.1 Å². The third-order valence-electron chi connectivity index (χ3n) is 7.75. The number of aryl methyl sites for hydroxylation is 2. The lowest BCUT2D eigenvalue weighted by atomic mass is 10.0. The van der Waals surface area contributed by atoms with Crippen LogP contribution in [-0.2, 0) is 4.74 Å². The summed E-state index contributed by atoms with van der Waals surface area (Å²) in [5.41, 5.74) is 13.2. The number of nitrogen functional groups attached to an aromatic ring is 1. The lowest BCUT2D eigenvalue weighted by molar-refractivity contribution is -0.122. The zero-order valence-corrected chi connectivity index (χ0v) is 23.0. The van der Waals surface area contributed by atoms with Gasteiger partial charge in [-0.2, -0.15) is 10.1 Å². The van der Waals surface area contributed by atoms with Gasteiger partial charge in [0.05, 0.1) is 11.4 Å². The smallest absolute Gasteiger partial charge is 0.300 e. The predicted octanol–water partition coefficient (Wildman–Crippen LogP) is 5.60. The third kappa shape index (κ3) is 4.59. The van der Waals surface area contributed by atoms with Gasteiger partial charge in [0.2, 0.25) is 0 Å². The van der Waals surface area contributed by atoms with Crippen LogP contribution < -0.4 is 11.1 Å². The number of benzene rings is 2. The molecule has 10 heteroatoms. The van der Waals surface area contributed by atoms with Crippen LogP contribution >= 0.6 is 0 Å². The maximum absolute atomic E-state index is 6.38. The van der Waals surface area contributed by atoms with Crippen molar-refractivity contribution in [2.75, 3.05) is 31.2 Å². The molecule has 1 atom stereocenters. The zero-order valence-electron chi connectivity index (χ0n) is 23.0. The quantitative estimate of drug-likeness (QED) is 0.291. The summed E-state index contributed by atoms with van der Waals surface area (Å²) in [5.74, 6) is 0.422. The molecular formula is C29H34N8O2. The second-order valence-electron chi connectivity index (χ2n) is 10.8. The lowest BCUT2D eigenvalue weighted by Crippen LogP contribution is -2.50. The Balaban J connectivity index is 1.31. The van der Waals surface area contributed by atoms with Gasteiger partial charge >= 0.3 is 0 Å². The third-order valence-corrected chi connectivity index (χ3v) is 7.75. The number of nitrogens with two attached hydrogens (primary N) is 1. The monoisotopic (exact) mass is 526 g/mol. The van der Waals surface area contributed by atoms with E-state index in [1.165, 1.54) is 6.33 Å². The Bertz CT molecular complexity index is 1650. The van der Waals surface area contributed by atoms with E-state index in [9.17, 15) is 0 Å². The van der Waals surface area contributed by atoms with E-state index < -0.39 is 0 Å².